The smallest absolute Gasteiger partial charge is 0.258 e. The van der Waals surface area contributed by atoms with Gasteiger partial charge in [0.1, 0.15) is 22.8 Å². The lowest BCUT2D eigenvalue weighted by Crippen LogP contribution is -2.52. The fourth-order valence-corrected chi connectivity index (χ4v) is 3.30. The lowest BCUT2D eigenvalue weighted by molar-refractivity contribution is 0.0783. The van der Waals surface area contributed by atoms with E-state index in [1.165, 1.54) is 12.3 Å². The number of methoxy groups -OCH3 is 1. The van der Waals surface area contributed by atoms with E-state index in [-0.39, 0.29) is 17.8 Å². The number of hydrogen-bond acceptors (Lipinski definition) is 6. The number of benzene rings is 1. The molecule has 0 spiro atoms. The molecule has 0 unspecified atom stereocenters. The van der Waals surface area contributed by atoms with E-state index in [1.807, 2.05) is 0 Å². The van der Waals surface area contributed by atoms with Crippen LogP contribution in [0.5, 0.6) is 0 Å². The summed E-state index contributed by atoms with van der Waals surface area (Å²) in [5, 5.41) is 9.59. The second-order valence-corrected chi connectivity index (χ2v) is 7.01. The third-order valence-corrected chi connectivity index (χ3v) is 5.06. The van der Waals surface area contributed by atoms with Gasteiger partial charge in [-0.05, 0) is 24.3 Å². The van der Waals surface area contributed by atoms with Crippen molar-refractivity contribution < 1.29 is 13.9 Å². The third kappa shape index (κ3) is 3.26. The Hall–Kier alpha value is -3.79. The number of aromatic amines is 2. The summed E-state index contributed by atoms with van der Waals surface area (Å²) in [5.41, 5.74) is 1.77. The number of H-pyrrole nitrogens is 2. The first kappa shape index (κ1) is 18.3. The average Bonchev–Trinajstić information content (AvgIpc) is 3.35. The highest BCUT2D eigenvalue weighted by atomic mass is 19.1. The Morgan fingerprint density at radius 2 is 2.17 bits per heavy atom. The van der Waals surface area contributed by atoms with Gasteiger partial charge in [0.15, 0.2) is 11.6 Å². The van der Waals surface area contributed by atoms with Crippen molar-refractivity contribution in [3.63, 3.8) is 0 Å². The summed E-state index contributed by atoms with van der Waals surface area (Å²) in [6.45, 7) is 1.58. The molecular weight excluding hydrogens is 389 g/mol. The maximum atomic E-state index is 13.9. The van der Waals surface area contributed by atoms with Crippen LogP contribution in [0.15, 0.2) is 42.6 Å². The number of nitrogens with zero attached hydrogens (tertiary/aromatic N) is 4. The van der Waals surface area contributed by atoms with Crippen LogP contribution in [0.2, 0.25) is 0 Å². The number of carbonyl (C=O) groups excluding carboxylic acids is 1. The number of halogens is 1. The van der Waals surface area contributed by atoms with Crippen molar-refractivity contribution in [1.29, 1.82) is 0 Å². The summed E-state index contributed by atoms with van der Waals surface area (Å²) >= 11 is 0. The van der Waals surface area contributed by atoms with Crippen LogP contribution in [0.1, 0.15) is 10.4 Å². The molecule has 1 amide bonds. The number of hydrogen-bond donors (Lipinski definition) is 3. The van der Waals surface area contributed by atoms with Gasteiger partial charge >= 0.3 is 0 Å². The van der Waals surface area contributed by atoms with Crippen molar-refractivity contribution in [2.75, 3.05) is 30.4 Å². The molecular formula is C20H18FN7O2. The van der Waals surface area contributed by atoms with Gasteiger partial charge in [0.05, 0.1) is 17.2 Å². The molecule has 30 heavy (non-hydrogen) atoms. The standard InChI is InChI=1S/C20H18FN7O2/c1-30-12-9-28(10-12)17-6-5-11(8-22-17)20(29)24-16-7-15(26-27-16)19-23-14-4-2-3-13(21)18(14)25-19/h2-8,12H,9-10H2,1H3,(H,23,25)(H2,24,26,27,29). The fraction of sp³-hybridized carbons (Fsp3) is 0.200. The molecule has 1 aliphatic rings. The highest BCUT2D eigenvalue weighted by Gasteiger charge is 2.27. The van der Waals surface area contributed by atoms with Crippen molar-refractivity contribution >= 4 is 28.6 Å². The molecule has 0 radical (unpaired) electrons. The van der Waals surface area contributed by atoms with Gasteiger partial charge in [-0.1, -0.05) is 6.07 Å². The van der Waals surface area contributed by atoms with Gasteiger partial charge in [-0.3, -0.25) is 9.89 Å². The maximum Gasteiger partial charge on any atom is 0.258 e. The molecule has 1 saturated heterocycles. The van der Waals surface area contributed by atoms with Crippen LogP contribution in [0.4, 0.5) is 16.0 Å². The zero-order chi connectivity index (χ0) is 20.7. The number of carbonyl (C=O) groups is 1. The second-order valence-electron chi connectivity index (χ2n) is 7.01. The van der Waals surface area contributed by atoms with E-state index >= 15 is 0 Å². The zero-order valence-electron chi connectivity index (χ0n) is 16.0. The van der Waals surface area contributed by atoms with Crippen molar-refractivity contribution in [2.45, 2.75) is 6.10 Å². The number of para-hydroxylation sites is 1. The van der Waals surface area contributed by atoms with Crippen LogP contribution in [0.3, 0.4) is 0 Å². The van der Waals surface area contributed by atoms with Crippen LogP contribution in [-0.2, 0) is 4.74 Å². The van der Waals surface area contributed by atoms with Crippen molar-refractivity contribution in [3.05, 3.63) is 54.0 Å². The molecule has 4 aromatic rings. The van der Waals surface area contributed by atoms with Gasteiger partial charge in [0.2, 0.25) is 0 Å². The van der Waals surface area contributed by atoms with Crippen LogP contribution >= 0.6 is 0 Å². The number of anilines is 2. The molecule has 3 N–H and O–H groups in total. The van der Waals surface area contributed by atoms with Crippen LogP contribution in [-0.4, -0.2) is 57.4 Å². The van der Waals surface area contributed by atoms with E-state index in [1.54, 1.807) is 37.4 Å². The summed E-state index contributed by atoms with van der Waals surface area (Å²) in [6.07, 6.45) is 1.76. The van der Waals surface area contributed by atoms with Crippen LogP contribution in [0.25, 0.3) is 22.6 Å². The van der Waals surface area contributed by atoms with Gasteiger partial charge in [0.25, 0.3) is 5.91 Å². The average molecular weight is 407 g/mol. The molecule has 3 aromatic heterocycles. The number of pyridine rings is 1. The SMILES string of the molecule is COC1CN(c2ccc(C(=O)Nc3cc(-c4nc5cccc(F)c5[nH]4)[nH]n3)cn2)C1. The van der Waals surface area contributed by atoms with Gasteiger partial charge in [-0.15, -0.1) is 0 Å². The second kappa shape index (κ2) is 7.23. The Kier molecular flexibility index (Phi) is 4.40. The first-order chi connectivity index (χ1) is 14.6. The summed E-state index contributed by atoms with van der Waals surface area (Å²) in [6, 6.07) is 9.81. The molecule has 0 bridgehead atoms. The normalized spacial score (nSPS) is 14.1. The van der Waals surface area contributed by atoms with Crippen molar-refractivity contribution in [3.8, 4) is 11.5 Å². The van der Waals surface area contributed by atoms with E-state index < -0.39 is 0 Å². The van der Waals surface area contributed by atoms with E-state index in [0.717, 1.165) is 18.9 Å². The predicted molar refractivity (Wildman–Crippen MR) is 109 cm³/mol. The van der Waals surface area contributed by atoms with Gasteiger partial charge < -0.3 is 19.9 Å². The molecule has 5 rings (SSSR count). The Morgan fingerprint density at radius 1 is 1.30 bits per heavy atom. The molecule has 0 aliphatic carbocycles. The van der Waals surface area contributed by atoms with Crippen LogP contribution < -0.4 is 10.2 Å². The topological polar surface area (TPSA) is 112 Å². The minimum atomic E-state index is -0.383. The van der Waals surface area contributed by atoms with Gasteiger partial charge in [0, 0.05) is 32.5 Å². The highest BCUT2D eigenvalue weighted by Crippen LogP contribution is 2.23. The third-order valence-electron chi connectivity index (χ3n) is 5.06. The van der Waals surface area contributed by atoms with Crippen molar-refractivity contribution in [1.82, 2.24) is 25.1 Å². The lowest BCUT2D eigenvalue weighted by atomic mass is 10.1. The Labute approximate surface area is 170 Å². The molecule has 0 saturated carbocycles. The monoisotopic (exact) mass is 407 g/mol. The Bertz CT molecular complexity index is 1210. The van der Waals surface area contributed by atoms with Gasteiger partial charge in [-0.25, -0.2) is 14.4 Å². The molecule has 0 atom stereocenters. The molecule has 9 nitrogen and oxygen atoms in total. The number of imidazole rings is 1. The predicted octanol–water partition coefficient (Wildman–Crippen LogP) is 2.57. The molecule has 1 fully saturated rings. The van der Waals surface area contributed by atoms with Crippen LogP contribution in [0, 0.1) is 5.82 Å². The maximum absolute atomic E-state index is 13.9. The molecule has 1 aromatic carbocycles. The summed E-state index contributed by atoms with van der Waals surface area (Å²) < 4.78 is 19.1. The van der Waals surface area contributed by atoms with E-state index in [2.05, 4.69) is 35.4 Å². The van der Waals surface area contributed by atoms with E-state index in [4.69, 9.17) is 4.74 Å². The summed E-state index contributed by atoms with van der Waals surface area (Å²) in [5.74, 6) is 0.843. The van der Waals surface area contributed by atoms with E-state index in [9.17, 15) is 9.18 Å². The molecule has 4 heterocycles. The molecule has 152 valence electrons. The number of amides is 1. The Morgan fingerprint density at radius 3 is 2.90 bits per heavy atom. The molecule has 1 aliphatic heterocycles. The van der Waals surface area contributed by atoms with Crippen molar-refractivity contribution in [2.24, 2.45) is 0 Å². The Balaban J connectivity index is 1.27. The number of rotatable bonds is 5. The van der Waals surface area contributed by atoms with Gasteiger partial charge in [-0.2, -0.15) is 5.10 Å². The number of ether oxygens (including phenoxy) is 1. The first-order valence-electron chi connectivity index (χ1n) is 9.36. The highest BCUT2D eigenvalue weighted by molar-refractivity contribution is 6.03. The largest absolute Gasteiger partial charge is 0.378 e. The zero-order valence-corrected chi connectivity index (χ0v) is 16.0. The number of nitrogens with one attached hydrogen (secondary N) is 3. The minimum Gasteiger partial charge on any atom is -0.378 e. The minimum absolute atomic E-state index is 0.229. The number of aromatic nitrogens is 5. The molecule has 10 heteroatoms. The summed E-state index contributed by atoms with van der Waals surface area (Å²) in [4.78, 5) is 26.2. The fourth-order valence-electron chi connectivity index (χ4n) is 3.30. The number of fused-ring (bicyclic) bond motifs is 1. The van der Waals surface area contributed by atoms with E-state index in [0.29, 0.717) is 33.9 Å². The lowest BCUT2D eigenvalue weighted by Gasteiger charge is -2.38. The first-order valence-corrected chi connectivity index (χ1v) is 9.36. The summed E-state index contributed by atoms with van der Waals surface area (Å²) in [7, 11) is 1.69. The quantitative estimate of drug-likeness (QED) is 0.469.